The Labute approximate surface area is 118 Å². The molecule has 0 unspecified atom stereocenters. The zero-order chi connectivity index (χ0) is 13.5. The van der Waals surface area contributed by atoms with Gasteiger partial charge < -0.3 is 15.1 Å². The van der Waals surface area contributed by atoms with E-state index in [2.05, 4.69) is 14.8 Å². The first-order valence-electron chi connectivity index (χ1n) is 7.41. The minimum absolute atomic E-state index is 0.728. The molecule has 1 aliphatic carbocycles. The number of aromatic nitrogens is 1. The van der Waals surface area contributed by atoms with Crippen LogP contribution in [0.5, 0.6) is 0 Å². The number of oxazole rings is 1. The van der Waals surface area contributed by atoms with E-state index >= 15 is 0 Å². The van der Waals surface area contributed by atoms with Gasteiger partial charge in [0.2, 0.25) is 0 Å². The molecule has 0 spiro atoms. The van der Waals surface area contributed by atoms with Crippen LogP contribution in [0.15, 0.2) is 22.6 Å². The highest BCUT2D eigenvalue weighted by Crippen LogP contribution is 2.30. The molecule has 0 bridgehead atoms. The van der Waals surface area contributed by atoms with Crippen molar-refractivity contribution in [2.24, 2.45) is 5.92 Å². The minimum atomic E-state index is 0.728. The highest BCUT2D eigenvalue weighted by atomic mass is 16.4. The Bertz CT molecular complexity index is 611. The third-order valence-corrected chi connectivity index (χ3v) is 4.26. The largest absolute Gasteiger partial charge is 0.423 e. The molecule has 2 heterocycles. The third-order valence-electron chi connectivity index (χ3n) is 4.26. The Balaban J connectivity index is 1.46. The standard InChI is InChI=1S/C15H20N4O/c16-12-3-4-14-13(9-12)17-15(20-14)19-7-5-18(6-8-19)10-11-1-2-11/h3-4,9,11H,1-2,5-8,10,16H2. The number of piperazine rings is 1. The minimum Gasteiger partial charge on any atom is -0.423 e. The smallest absolute Gasteiger partial charge is 0.298 e. The quantitative estimate of drug-likeness (QED) is 0.865. The second kappa shape index (κ2) is 4.66. The predicted molar refractivity (Wildman–Crippen MR) is 79.8 cm³/mol. The third kappa shape index (κ3) is 2.33. The molecule has 1 saturated heterocycles. The van der Waals surface area contributed by atoms with E-state index in [1.807, 2.05) is 18.2 Å². The molecule has 4 rings (SSSR count). The molecule has 0 radical (unpaired) electrons. The van der Waals surface area contributed by atoms with Crippen LogP contribution in [0.2, 0.25) is 0 Å². The summed E-state index contributed by atoms with van der Waals surface area (Å²) in [7, 11) is 0. The van der Waals surface area contributed by atoms with Crippen molar-refractivity contribution < 1.29 is 4.42 Å². The number of benzene rings is 1. The Kier molecular flexibility index (Phi) is 2.80. The van der Waals surface area contributed by atoms with Gasteiger partial charge in [-0.1, -0.05) is 0 Å². The number of nitrogens with zero attached hydrogens (tertiary/aromatic N) is 3. The highest BCUT2D eigenvalue weighted by Gasteiger charge is 2.27. The van der Waals surface area contributed by atoms with E-state index in [-0.39, 0.29) is 0 Å². The van der Waals surface area contributed by atoms with Crippen LogP contribution < -0.4 is 10.6 Å². The Hall–Kier alpha value is -1.75. The number of nitrogens with two attached hydrogens (primary N) is 1. The lowest BCUT2D eigenvalue weighted by Crippen LogP contribution is -2.47. The second-order valence-corrected chi connectivity index (χ2v) is 5.95. The monoisotopic (exact) mass is 272 g/mol. The van der Waals surface area contributed by atoms with Crippen molar-refractivity contribution in [2.45, 2.75) is 12.8 Å². The van der Waals surface area contributed by atoms with Crippen LogP contribution in [0, 0.1) is 5.92 Å². The molecule has 106 valence electrons. The van der Waals surface area contributed by atoms with Gasteiger partial charge in [-0.2, -0.15) is 4.98 Å². The SMILES string of the molecule is Nc1ccc2oc(N3CCN(CC4CC4)CC3)nc2c1. The zero-order valence-corrected chi connectivity index (χ0v) is 11.6. The fourth-order valence-electron chi connectivity index (χ4n) is 2.85. The van der Waals surface area contributed by atoms with Gasteiger partial charge in [0.1, 0.15) is 5.52 Å². The first-order chi connectivity index (χ1) is 9.78. The van der Waals surface area contributed by atoms with Crippen molar-refractivity contribution in [3.8, 4) is 0 Å². The number of hydrogen-bond acceptors (Lipinski definition) is 5. The van der Waals surface area contributed by atoms with Gasteiger partial charge >= 0.3 is 0 Å². The van der Waals surface area contributed by atoms with Gasteiger partial charge in [-0.05, 0) is 37.0 Å². The first kappa shape index (κ1) is 12.0. The van der Waals surface area contributed by atoms with Crippen LogP contribution in [-0.4, -0.2) is 42.6 Å². The Morgan fingerprint density at radius 3 is 2.75 bits per heavy atom. The molecule has 1 aliphatic heterocycles. The van der Waals surface area contributed by atoms with E-state index in [4.69, 9.17) is 10.2 Å². The van der Waals surface area contributed by atoms with E-state index < -0.39 is 0 Å². The average Bonchev–Trinajstić information content (AvgIpc) is 3.16. The molecule has 2 fully saturated rings. The molecule has 2 aromatic rings. The van der Waals surface area contributed by atoms with Crippen molar-refractivity contribution in [1.82, 2.24) is 9.88 Å². The number of fused-ring (bicyclic) bond motifs is 1. The fourth-order valence-corrected chi connectivity index (χ4v) is 2.85. The van der Waals surface area contributed by atoms with Gasteiger partial charge in [-0.15, -0.1) is 0 Å². The van der Waals surface area contributed by atoms with Crippen molar-refractivity contribution in [3.05, 3.63) is 18.2 Å². The molecular formula is C15H20N4O. The Morgan fingerprint density at radius 1 is 1.20 bits per heavy atom. The summed E-state index contributed by atoms with van der Waals surface area (Å²) in [5, 5.41) is 0. The van der Waals surface area contributed by atoms with Gasteiger partial charge in [0.05, 0.1) is 0 Å². The molecule has 0 atom stereocenters. The topological polar surface area (TPSA) is 58.5 Å². The summed E-state index contributed by atoms with van der Waals surface area (Å²) in [5.74, 6) is 0.967. The van der Waals surface area contributed by atoms with Crippen molar-refractivity contribution in [2.75, 3.05) is 43.4 Å². The van der Waals surface area contributed by atoms with Gasteiger partial charge in [0.25, 0.3) is 6.01 Å². The molecular weight excluding hydrogens is 252 g/mol. The van der Waals surface area contributed by atoms with Gasteiger partial charge in [-0.25, -0.2) is 0 Å². The summed E-state index contributed by atoms with van der Waals surface area (Å²) in [5.41, 5.74) is 8.17. The van der Waals surface area contributed by atoms with Crippen molar-refractivity contribution >= 4 is 22.8 Å². The number of anilines is 2. The van der Waals surface area contributed by atoms with E-state index in [9.17, 15) is 0 Å². The van der Waals surface area contributed by atoms with Crippen LogP contribution in [0.4, 0.5) is 11.7 Å². The van der Waals surface area contributed by atoms with Crippen LogP contribution in [0.3, 0.4) is 0 Å². The van der Waals surface area contributed by atoms with Crippen LogP contribution in [0.25, 0.3) is 11.1 Å². The van der Waals surface area contributed by atoms with Gasteiger partial charge in [0.15, 0.2) is 5.58 Å². The van der Waals surface area contributed by atoms with E-state index in [1.165, 1.54) is 19.4 Å². The number of nitrogen functional groups attached to an aromatic ring is 1. The average molecular weight is 272 g/mol. The van der Waals surface area contributed by atoms with Gasteiger partial charge in [-0.3, -0.25) is 4.90 Å². The molecule has 1 aromatic heterocycles. The van der Waals surface area contributed by atoms with E-state index in [1.54, 1.807) is 0 Å². The first-order valence-corrected chi connectivity index (χ1v) is 7.41. The van der Waals surface area contributed by atoms with E-state index in [0.29, 0.717) is 0 Å². The summed E-state index contributed by atoms with van der Waals surface area (Å²) in [6.45, 7) is 5.48. The summed E-state index contributed by atoms with van der Waals surface area (Å²) in [6.07, 6.45) is 2.85. The summed E-state index contributed by atoms with van der Waals surface area (Å²) in [4.78, 5) is 9.36. The molecule has 5 heteroatoms. The van der Waals surface area contributed by atoms with Crippen LogP contribution in [0.1, 0.15) is 12.8 Å². The molecule has 1 aromatic carbocycles. The maximum atomic E-state index is 5.83. The lowest BCUT2D eigenvalue weighted by atomic mass is 10.3. The maximum Gasteiger partial charge on any atom is 0.298 e. The maximum absolute atomic E-state index is 5.83. The normalized spacial score (nSPS) is 20.7. The van der Waals surface area contributed by atoms with E-state index in [0.717, 1.165) is 54.9 Å². The zero-order valence-electron chi connectivity index (χ0n) is 11.6. The molecule has 2 aliphatic rings. The fraction of sp³-hybridized carbons (Fsp3) is 0.533. The van der Waals surface area contributed by atoms with Crippen molar-refractivity contribution in [3.63, 3.8) is 0 Å². The molecule has 0 amide bonds. The molecule has 20 heavy (non-hydrogen) atoms. The lowest BCUT2D eigenvalue weighted by molar-refractivity contribution is 0.244. The van der Waals surface area contributed by atoms with Crippen molar-refractivity contribution in [1.29, 1.82) is 0 Å². The van der Waals surface area contributed by atoms with Crippen LogP contribution >= 0.6 is 0 Å². The summed E-state index contributed by atoms with van der Waals surface area (Å²) < 4.78 is 5.83. The number of rotatable bonds is 3. The molecule has 5 nitrogen and oxygen atoms in total. The molecule has 1 saturated carbocycles. The van der Waals surface area contributed by atoms with Crippen LogP contribution in [-0.2, 0) is 0 Å². The van der Waals surface area contributed by atoms with Gasteiger partial charge in [0, 0.05) is 38.4 Å². The lowest BCUT2D eigenvalue weighted by Gasteiger charge is -2.33. The number of hydrogen-bond donors (Lipinski definition) is 1. The summed E-state index contributed by atoms with van der Waals surface area (Å²) >= 11 is 0. The highest BCUT2D eigenvalue weighted by molar-refractivity contribution is 5.78. The summed E-state index contributed by atoms with van der Waals surface area (Å²) in [6, 6.07) is 6.35. The second-order valence-electron chi connectivity index (χ2n) is 5.95. The Morgan fingerprint density at radius 2 is 2.00 bits per heavy atom. The molecule has 2 N–H and O–H groups in total. The predicted octanol–water partition coefficient (Wildman–Crippen LogP) is 1.94.